The predicted molar refractivity (Wildman–Crippen MR) is 140 cm³/mol. The Labute approximate surface area is 220 Å². The smallest absolute Gasteiger partial charge is 0.261 e. The van der Waals surface area contributed by atoms with Gasteiger partial charge in [0.1, 0.15) is 23.3 Å². The van der Waals surface area contributed by atoms with Crippen LogP contribution in [0.25, 0.3) is 0 Å². The van der Waals surface area contributed by atoms with Crippen LogP contribution < -0.4 is 14.8 Å². The van der Waals surface area contributed by atoms with E-state index in [9.17, 15) is 9.59 Å². The highest BCUT2D eigenvalue weighted by Crippen LogP contribution is 2.27. The van der Waals surface area contributed by atoms with E-state index in [4.69, 9.17) is 25.5 Å². The number of carbonyl (C=O) groups excluding carboxylic acids is 2. The fraction of sp³-hybridized carbons (Fsp3) is 0.172. The fourth-order valence-corrected chi connectivity index (χ4v) is 4.02. The van der Waals surface area contributed by atoms with Crippen molar-refractivity contribution in [2.24, 2.45) is 0 Å². The fourth-order valence-electron chi connectivity index (χ4n) is 3.83. The summed E-state index contributed by atoms with van der Waals surface area (Å²) in [4.78, 5) is 28.7. The first-order chi connectivity index (χ1) is 18.0. The van der Waals surface area contributed by atoms with Gasteiger partial charge < -0.3 is 24.1 Å². The van der Waals surface area contributed by atoms with Crippen LogP contribution in [0.5, 0.6) is 11.5 Å². The molecule has 37 heavy (non-hydrogen) atoms. The van der Waals surface area contributed by atoms with Crippen LogP contribution in [0, 0.1) is 0 Å². The first kappa shape index (κ1) is 25.9. The van der Waals surface area contributed by atoms with Crippen LogP contribution in [0.15, 0.2) is 102 Å². The second-order valence-electron chi connectivity index (χ2n) is 8.20. The van der Waals surface area contributed by atoms with E-state index in [0.29, 0.717) is 27.8 Å². The average molecular weight is 519 g/mol. The third-order valence-corrected chi connectivity index (χ3v) is 6.02. The van der Waals surface area contributed by atoms with Crippen molar-refractivity contribution in [2.75, 3.05) is 13.7 Å². The number of para-hydroxylation sites is 1. The maximum absolute atomic E-state index is 13.6. The van der Waals surface area contributed by atoms with Crippen LogP contribution in [0.4, 0.5) is 0 Å². The summed E-state index contributed by atoms with van der Waals surface area (Å²) in [5.74, 6) is 0.968. The summed E-state index contributed by atoms with van der Waals surface area (Å²) in [6.45, 7) is 0.0625. The molecule has 1 unspecified atom stereocenters. The molecule has 1 N–H and O–H groups in total. The zero-order valence-corrected chi connectivity index (χ0v) is 21.1. The number of nitrogens with zero attached hydrogens (tertiary/aromatic N) is 1. The van der Waals surface area contributed by atoms with Gasteiger partial charge in [-0.3, -0.25) is 9.59 Å². The quantitative estimate of drug-likeness (QED) is 0.287. The molecule has 1 heterocycles. The third-order valence-electron chi connectivity index (χ3n) is 5.71. The van der Waals surface area contributed by atoms with Crippen molar-refractivity contribution in [1.29, 1.82) is 0 Å². The highest BCUT2D eigenvalue weighted by atomic mass is 35.5. The first-order valence-corrected chi connectivity index (χ1v) is 12.1. The van der Waals surface area contributed by atoms with Crippen LogP contribution in [0.3, 0.4) is 0 Å². The van der Waals surface area contributed by atoms with Gasteiger partial charge in [0.2, 0.25) is 5.91 Å². The highest BCUT2D eigenvalue weighted by Gasteiger charge is 2.32. The molecule has 4 rings (SSSR count). The second kappa shape index (κ2) is 12.6. The molecule has 0 radical (unpaired) electrons. The minimum absolute atomic E-state index is 0.169. The second-order valence-corrected chi connectivity index (χ2v) is 8.61. The molecular formula is C29H27ClN2O5. The van der Waals surface area contributed by atoms with Gasteiger partial charge in [-0.1, -0.05) is 66.2 Å². The Kier molecular flexibility index (Phi) is 8.84. The van der Waals surface area contributed by atoms with Gasteiger partial charge in [-0.05, 0) is 47.5 Å². The molecule has 190 valence electrons. The van der Waals surface area contributed by atoms with Gasteiger partial charge in [0.25, 0.3) is 5.91 Å². The first-order valence-electron chi connectivity index (χ1n) is 11.7. The van der Waals surface area contributed by atoms with Crippen LogP contribution in [-0.4, -0.2) is 30.4 Å². The van der Waals surface area contributed by atoms with Gasteiger partial charge in [0, 0.05) is 6.54 Å². The van der Waals surface area contributed by atoms with Crippen LogP contribution in [0.2, 0.25) is 5.02 Å². The number of amides is 2. The third kappa shape index (κ3) is 6.92. The summed E-state index contributed by atoms with van der Waals surface area (Å²) < 4.78 is 16.4. The minimum Gasteiger partial charge on any atom is -0.497 e. The van der Waals surface area contributed by atoms with Crippen LogP contribution in [-0.2, 0) is 22.7 Å². The lowest BCUT2D eigenvalue weighted by Crippen LogP contribution is -2.45. The Morgan fingerprint density at radius 3 is 2.35 bits per heavy atom. The van der Waals surface area contributed by atoms with E-state index in [1.165, 1.54) is 4.90 Å². The van der Waals surface area contributed by atoms with Gasteiger partial charge >= 0.3 is 0 Å². The number of rotatable bonds is 11. The Balaban J connectivity index is 1.64. The van der Waals surface area contributed by atoms with E-state index in [2.05, 4.69) is 5.32 Å². The maximum Gasteiger partial charge on any atom is 0.261 e. The normalized spacial score (nSPS) is 11.4. The standard InChI is InChI=1S/C29H27ClN2O5/c1-35-23-15-13-21(14-16-23)19-32(27(33)20-37-26-12-6-5-11-25(26)30)28(22-8-3-2-4-9-22)29(34)31-18-24-10-7-17-36-24/h2-17,28H,18-20H2,1H3,(H,31,34). The number of ether oxygens (including phenoxy) is 2. The molecular weight excluding hydrogens is 492 g/mol. The molecule has 0 saturated carbocycles. The van der Waals surface area contributed by atoms with Crippen molar-refractivity contribution in [1.82, 2.24) is 10.2 Å². The van der Waals surface area contributed by atoms with E-state index in [1.54, 1.807) is 49.8 Å². The molecule has 0 bridgehead atoms. The van der Waals surface area contributed by atoms with Crippen molar-refractivity contribution in [3.8, 4) is 11.5 Å². The minimum atomic E-state index is -0.916. The van der Waals surface area contributed by atoms with Crippen molar-refractivity contribution >= 4 is 23.4 Å². The Bertz CT molecular complexity index is 1290. The van der Waals surface area contributed by atoms with Gasteiger partial charge in [-0.25, -0.2) is 0 Å². The van der Waals surface area contributed by atoms with Gasteiger partial charge in [0.05, 0.1) is 24.9 Å². The summed E-state index contributed by atoms with van der Waals surface area (Å²) in [6.07, 6.45) is 1.54. The number of hydrogen-bond donors (Lipinski definition) is 1. The zero-order chi connectivity index (χ0) is 26.0. The lowest BCUT2D eigenvalue weighted by molar-refractivity contribution is -0.143. The van der Waals surface area contributed by atoms with Gasteiger partial charge in [-0.2, -0.15) is 0 Å². The molecule has 0 aliphatic rings. The van der Waals surface area contributed by atoms with Crippen molar-refractivity contribution in [3.63, 3.8) is 0 Å². The summed E-state index contributed by atoms with van der Waals surface area (Å²) in [7, 11) is 1.59. The summed E-state index contributed by atoms with van der Waals surface area (Å²) >= 11 is 6.21. The van der Waals surface area contributed by atoms with Gasteiger partial charge in [0.15, 0.2) is 6.61 Å². The molecule has 7 nitrogen and oxygen atoms in total. The predicted octanol–water partition coefficient (Wildman–Crippen LogP) is 5.41. The lowest BCUT2D eigenvalue weighted by atomic mass is 10.0. The van der Waals surface area contributed by atoms with E-state index in [0.717, 1.165) is 5.56 Å². The molecule has 0 fully saturated rings. The van der Waals surface area contributed by atoms with E-state index in [-0.39, 0.29) is 31.5 Å². The SMILES string of the molecule is COc1ccc(CN(C(=O)COc2ccccc2Cl)C(C(=O)NCc2ccco2)c2ccccc2)cc1. The number of hydrogen-bond acceptors (Lipinski definition) is 5. The Hall–Kier alpha value is -4.23. The van der Waals surface area contributed by atoms with Crippen LogP contribution in [0.1, 0.15) is 22.9 Å². The molecule has 1 aromatic heterocycles. The van der Waals surface area contributed by atoms with Crippen molar-refractivity contribution in [3.05, 3.63) is 119 Å². The monoisotopic (exact) mass is 518 g/mol. The van der Waals surface area contributed by atoms with Crippen molar-refractivity contribution in [2.45, 2.75) is 19.1 Å². The molecule has 0 spiro atoms. The number of methoxy groups -OCH3 is 1. The molecule has 0 saturated heterocycles. The Morgan fingerprint density at radius 2 is 1.68 bits per heavy atom. The summed E-state index contributed by atoms with van der Waals surface area (Å²) in [6, 6.07) is 26.0. The summed E-state index contributed by atoms with van der Waals surface area (Å²) in [5.41, 5.74) is 1.49. The Morgan fingerprint density at radius 1 is 0.946 bits per heavy atom. The number of halogens is 1. The highest BCUT2D eigenvalue weighted by molar-refractivity contribution is 6.32. The zero-order valence-electron chi connectivity index (χ0n) is 20.3. The molecule has 0 aliphatic heterocycles. The lowest BCUT2D eigenvalue weighted by Gasteiger charge is -2.31. The topological polar surface area (TPSA) is 81.0 Å². The number of furan rings is 1. The van der Waals surface area contributed by atoms with Gasteiger partial charge in [-0.15, -0.1) is 0 Å². The molecule has 4 aromatic rings. The van der Waals surface area contributed by atoms with Crippen molar-refractivity contribution < 1.29 is 23.5 Å². The van der Waals surface area contributed by atoms with Crippen LogP contribution >= 0.6 is 11.6 Å². The van der Waals surface area contributed by atoms with E-state index >= 15 is 0 Å². The summed E-state index contributed by atoms with van der Waals surface area (Å²) in [5, 5.41) is 3.29. The number of nitrogens with one attached hydrogen (secondary N) is 1. The number of benzene rings is 3. The van der Waals surface area contributed by atoms with E-state index < -0.39 is 6.04 Å². The average Bonchev–Trinajstić information content (AvgIpc) is 3.46. The molecule has 0 aliphatic carbocycles. The molecule has 8 heteroatoms. The largest absolute Gasteiger partial charge is 0.497 e. The van der Waals surface area contributed by atoms with E-state index in [1.807, 2.05) is 54.6 Å². The molecule has 2 amide bonds. The molecule has 1 atom stereocenters. The maximum atomic E-state index is 13.6. The molecule has 3 aromatic carbocycles. The number of carbonyl (C=O) groups is 2.